The minimum absolute atomic E-state index is 0.278. The molecule has 0 radical (unpaired) electrons. The predicted octanol–water partition coefficient (Wildman–Crippen LogP) is 3.62. The van der Waals surface area contributed by atoms with Crippen molar-refractivity contribution in [1.29, 1.82) is 5.26 Å². The fourth-order valence-corrected chi connectivity index (χ4v) is 2.06. The Kier molecular flexibility index (Phi) is 3.72. The molecular weight excluding hydrogens is 252 g/mol. The van der Waals surface area contributed by atoms with Crippen LogP contribution in [0, 0.1) is 25.2 Å². The van der Waals surface area contributed by atoms with Crippen LogP contribution >= 0.6 is 0 Å². The molecule has 0 spiro atoms. The van der Waals surface area contributed by atoms with Crippen LogP contribution in [0.3, 0.4) is 0 Å². The van der Waals surface area contributed by atoms with E-state index in [9.17, 15) is 10.1 Å². The van der Waals surface area contributed by atoms with Gasteiger partial charge in [-0.15, -0.1) is 0 Å². The van der Waals surface area contributed by atoms with Gasteiger partial charge < -0.3 is 10.4 Å². The molecular formula is C16H14N2O2. The normalized spacial score (nSPS) is 9.85. The fraction of sp³-hybridized carbons (Fsp3) is 0.125. The summed E-state index contributed by atoms with van der Waals surface area (Å²) in [6, 6.07) is 12.8. The zero-order chi connectivity index (χ0) is 14.7. The quantitative estimate of drug-likeness (QED) is 0.889. The number of aromatic carboxylic acids is 1. The molecule has 4 heteroatoms. The summed E-state index contributed by atoms with van der Waals surface area (Å²) in [7, 11) is 0. The molecule has 0 aliphatic heterocycles. The number of rotatable bonds is 3. The lowest BCUT2D eigenvalue weighted by molar-refractivity contribution is 0.0696. The van der Waals surface area contributed by atoms with E-state index in [4.69, 9.17) is 5.11 Å². The van der Waals surface area contributed by atoms with Gasteiger partial charge in [-0.05, 0) is 49.2 Å². The number of hydrogen-bond donors (Lipinski definition) is 2. The number of hydrogen-bond acceptors (Lipinski definition) is 3. The number of anilines is 2. The largest absolute Gasteiger partial charge is 0.478 e. The van der Waals surface area contributed by atoms with Gasteiger partial charge in [-0.2, -0.15) is 5.26 Å². The molecule has 0 saturated carbocycles. The predicted molar refractivity (Wildman–Crippen MR) is 77.3 cm³/mol. The van der Waals surface area contributed by atoms with Crippen LogP contribution in [0.15, 0.2) is 36.4 Å². The summed E-state index contributed by atoms with van der Waals surface area (Å²) >= 11 is 0. The zero-order valence-corrected chi connectivity index (χ0v) is 11.3. The maximum atomic E-state index is 11.0. The number of carboxylic acids is 1. The number of nitrogens with one attached hydrogen (secondary N) is 1. The second-order valence-corrected chi connectivity index (χ2v) is 4.57. The van der Waals surface area contributed by atoms with Crippen LogP contribution < -0.4 is 5.32 Å². The molecule has 0 saturated heterocycles. The Labute approximate surface area is 117 Å². The standard InChI is InChI=1S/C16H14N2O2/c1-10-4-3-5-15(14(10)9-17)18-12-6-7-13(16(19)20)11(2)8-12/h3-8,18H,1-2H3,(H,19,20). The Hall–Kier alpha value is -2.80. The maximum Gasteiger partial charge on any atom is 0.335 e. The van der Waals surface area contributed by atoms with Crippen LogP contribution in [0.2, 0.25) is 0 Å². The van der Waals surface area contributed by atoms with Crippen molar-refractivity contribution < 1.29 is 9.90 Å². The minimum atomic E-state index is -0.942. The number of nitriles is 1. The van der Waals surface area contributed by atoms with E-state index in [-0.39, 0.29) is 5.56 Å². The second-order valence-electron chi connectivity index (χ2n) is 4.57. The van der Waals surface area contributed by atoms with Crippen molar-refractivity contribution in [2.45, 2.75) is 13.8 Å². The SMILES string of the molecule is Cc1cc(Nc2cccc(C)c2C#N)ccc1C(=O)O. The first-order valence-corrected chi connectivity index (χ1v) is 6.13. The molecule has 100 valence electrons. The van der Waals surface area contributed by atoms with E-state index in [1.165, 1.54) is 0 Å². The van der Waals surface area contributed by atoms with E-state index in [2.05, 4.69) is 11.4 Å². The highest BCUT2D eigenvalue weighted by atomic mass is 16.4. The minimum Gasteiger partial charge on any atom is -0.478 e. The van der Waals surface area contributed by atoms with E-state index >= 15 is 0 Å². The van der Waals surface area contributed by atoms with Crippen molar-refractivity contribution in [2.24, 2.45) is 0 Å². The van der Waals surface area contributed by atoms with E-state index in [1.54, 1.807) is 25.1 Å². The monoisotopic (exact) mass is 266 g/mol. The fourth-order valence-electron chi connectivity index (χ4n) is 2.06. The van der Waals surface area contributed by atoms with E-state index in [1.807, 2.05) is 25.1 Å². The Morgan fingerprint density at radius 3 is 2.55 bits per heavy atom. The van der Waals surface area contributed by atoms with Crippen molar-refractivity contribution in [2.75, 3.05) is 5.32 Å². The molecule has 0 aliphatic rings. The van der Waals surface area contributed by atoms with Crippen LogP contribution in [0.25, 0.3) is 0 Å². The summed E-state index contributed by atoms with van der Waals surface area (Å²) in [5, 5.41) is 21.3. The smallest absolute Gasteiger partial charge is 0.335 e. The third-order valence-electron chi connectivity index (χ3n) is 3.12. The van der Waals surface area contributed by atoms with Gasteiger partial charge in [0.2, 0.25) is 0 Å². The summed E-state index contributed by atoms with van der Waals surface area (Å²) in [6.07, 6.45) is 0. The molecule has 2 aromatic carbocycles. The van der Waals surface area contributed by atoms with Gasteiger partial charge in [0, 0.05) is 5.69 Å². The van der Waals surface area contributed by atoms with Gasteiger partial charge >= 0.3 is 5.97 Å². The Bertz CT molecular complexity index is 715. The Morgan fingerprint density at radius 2 is 1.95 bits per heavy atom. The molecule has 2 rings (SSSR count). The Balaban J connectivity index is 2.37. The number of benzene rings is 2. The molecule has 0 atom stereocenters. The average Bonchev–Trinajstić information content (AvgIpc) is 2.38. The number of aryl methyl sites for hydroxylation is 2. The highest BCUT2D eigenvalue weighted by Gasteiger charge is 2.09. The highest BCUT2D eigenvalue weighted by molar-refractivity contribution is 5.90. The molecule has 2 N–H and O–H groups in total. The lowest BCUT2D eigenvalue weighted by Gasteiger charge is -2.11. The number of nitrogens with zero attached hydrogens (tertiary/aromatic N) is 1. The van der Waals surface area contributed by atoms with Crippen LogP contribution in [0.1, 0.15) is 27.0 Å². The second kappa shape index (κ2) is 5.45. The van der Waals surface area contributed by atoms with Gasteiger partial charge in [-0.3, -0.25) is 0 Å². The summed E-state index contributed by atoms with van der Waals surface area (Å²) in [5.41, 5.74) is 3.92. The summed E-state index contributed by atoms with van der Waals surface area (Å²) < 4.78 is 0. The van der Waals surface area contributed by atoms with Crippen LogP contribution in [0.5, 0.6) is 0 Å². The van der Waals surface area contributed by atoms with E-state index in [0.29, 0.717) is 11.1 Å². The van der Waals surface area contributed by atoms with Gasteiger partial charge in [0.15, 0.2) is 0 Å². The lowest BCUT2D eigenvalue weighted by atomic mass is 10.1. The summed E-state index contributed by atoms with van der Waals surface area (Å²) in [4.78, 5) is 11.0. The average molecular weight is 266 g/mol. The molecule has 0 aliphatic carbocycles. The maximum absolute atomic E-state index is 11.0. The van der Waals surface area contributed by atoms with Gasteiger partial charge in [0.25, 0.3) is 0 Å². The molecule has 0 bridgehead atoms. The van der Waals surface area contributed by atoms with Crippen molar-refractivity contribution in [3.63, 3.8) is 0 Å². The van der Waals surface area contributed by atoms with E-state index in [0.717, 1.165) is 16.9 Å². The van der Waals surface area contributed by atoms with Crippen LogP contribution in [0.4, 0.5) is 11.4 Å². The number of carboxylic acid groups (broad SMARTS) is 1. The number of carbonyl (C=O) groups is 1. The van der Waals surface area contributed by atoms with Crippen molar-refractivity contribution in [3.05, 3.63) is 58.7 Å². The molecule has 4 nitrogen and oxygen atoms in total. The summed E-state index contributed by atoms with van der Waals surface area (Å²) in [6.45, 7) is 3.62. The molecule has 0 fully saturated rings. The molecule has 0 heterocycles. The van der Waals surface area contributed by atoms with Crippen molar-refractivity contribution in [3.8, 4) is 6.07 Å². The first kappa shape index (κ1) is 13.6. The van der Waals surface area contributed by atoms with Crippen molar-refractivity contribution >= 4 is 17.3 Å². The van der Waals surface area contributed by atoms with Crippen LogP contribution in [-0.2, 0) is 0 Å². The van der Waals surface area contributed by atoms with Gasteiger partial charge in [-0.1, -0.05) is 12.1 Å². The Morgan fingerprint density at radius 1 is 1.20 bits per heavy atom. The molecule has 2 aromatic rings. The molecule has 0 aromatic heterocycles. The lowest BCUT2D eigenvalue weighted by Crippen LogP contribution is -2.01. The van der Waals surface area contributed by atoms with Crippen molar-refractivity contribution in [1.82, 2.24) is 0 Å². The first-order valence-electron chi connectivity index (χ1n) is 6.13. The topological polar surface area (TPSA) is 73.1 Å². The van der Waals surface area contributed by atoms with Gasteiger partial charge in [0.05, 0.1) is 16.8 Å². The first-order chi connectivity index (χ1) is 9.52. The molecule has 0 amide bonds. The van der Waals surface area contributed by atoms with E-state index < -0.39 is 5.97 Å². The van der Waals surface area contributed by atoms with Crippen LogP contribution in [-0.4, -0.2) is 11.1 Å². The van der Waals surface area contributed by atoms with Gasteiger partial charge in [0.1, 0.15) is 6.07 Å². The zero-order valence-electron chi connectivity index (χ0n) is 11.3. The molecule has 0 unspecified atom stereocenters. The third kappa shape index (κ3) is 2.62. The third-order valence-corrected chi connectivity index (χ3v) is 3.12. The molecule has 20 heavy (non-hydrogen) atoms. The highest BCUT2D eigenvalue weighted by Crippen LogP contribution is 2.24. The van der Waals surface area contributed by atoms with Gasteiger partial charge in [-0.25, -0.2) is 4.79 Å². The summed E-state index contributed by atoms with van der Waals surface area (Å²) in [5.74, 6) is -0.942.